The summed E-state index contributed by atoms with van der Waals surface area (Å²) in [4.78, 5) is 18.6. The first-order valence-electron chi connectivity index (χ1n) is 6.64. The lowest BCUT2D eigenvalue weighted by atomic mass is 9.97. The van der Waals surface area contributed by atoms with Gasteiger partial charge in [-0.15, -0.1) is 11.8 Å². The quantitative estimate of drug-likeness (QED) is 0.863. The van der Waals surface area contributed by atoms with Crippen LogP contribution in [0, 0.1) is 6.92 Å². The summed E-state index contributed by atoms with van der Waals surface area (Å²) >= 11 is 1.78. The van der Waals surface area contributed by atoms with Gasteiger partial charge in [-0.1, -0.05) is 5.16 Å². The molecule has 0 aromatic carbocycles. The Bertz CT molecular complexity index is 458. The van der Waals surface area contributed by atoms with Gasteiger partial charge in [0.1, 0.15) is 0 Å². The van der Waals surface area contributed by atoms with Crippen molar-refractivity contribution >= 4 is 17.7 Å². The Morgan fingerprint density at radius 3 is 3.16 bits per heavy atom. The monoisotopic (exact) mass is 282 g/mol. The zero-order valence-electron chi connectivity index (χ0n) is 11.0. The average Bonchev–Trinajstić information content (AvgIpc) is 3.09. The van der Waals surface area contributed by atoms with Crippen LogP contribution < -0.4 is 5.32 Å². The number of aryl methyl sites for hydroxylation is 1. The molecule has 2 fully saturated rings. The first-order valence-corrected chi connectivity index (χ1v) is 7.79. The highest BCUT2D eigenvalue weighted by Gasteiger charge is 2.32. The maximum Gasteiger partial charge on any atom is 0.240 e. The van der Waals surface area contributed by atoms with Gasteiger partial charge in [-0.3, -0.25) is 10.1 Å². The number of aromatic nitrogens is 2. The Balaban J connectivity index is 1.65. The molecule has 2 atom stereocenters. The zero-order chi connectivity index (χ0) is 13.2. The number of piperidine rings is 1. The Kier molecular flexibility index (Phi) is 3.74. The van der Waals surface area contributed by atoms with E-state index in [0.29, 0.717) is 18.3 Å². The Morgan fingerprint density at radius 2 is 2.47 bits per heavy atom. The van der Waals surface area contributed by atoms with Crippen LogP contribution in [-0.4, -0.2) is 51.7 Å². The molecule has 0 aliphatic carbocycles. The fraction of sp³-hybridized carbons (Fsp3) is 0.750. The second-order valence-electron chi connectivity index (χ2n) is 5.08. The highest BCUT2D eigenvalue weighted by Crippen LogP contribution is 2.26. The molecule has 1 amide bonds. The number of amides is 1. The fourth-order valence-corrected chi connectivity index (χ4v) is 3.57. The minimum absolute atomic E-state index is 0.0202. The second-order valence-corrected chi connectivity index (χ2v) is 6.11. The fourth-order valence-electron chi connectivity index (χ4n) is 2.63. The van der Waals surface area contributed by atoms with Crippen molar-refractivity contribution < 1.29 is 9.32 Å². The van der Waals surface area contributed by atoms with Crippen molar-refractivity contribution in [2.45, 2.75) is 31.7 Å². The number of carbonyl (C=O) groups is 1. The van der Waals surface area contributed by atoms with Crippen molar-refractivity contribution in [2.24, 2.45) is 0 Å². The lowest BCUT2D eigenvalue weighted by Gasteiger charge is -2.32. The van der Waals surface area contributed by atoms with Crippen LogP contribution in [0.2, 0.25) is 0 Å². The normalized spacial score (nSPS) is 27.7. The predicted octanol–water partition coefficient (Wildman–Crippen LogP) is 0.747. The molecule has 1 N–H and O–H groups in total. The van der Waals surface area contributed by atoms with Crippen molar-refractivity contribution in [3.63, 3.8) is 0 Å². The molecule has 0 radical (unpaired) electrons. The SMILES string of the molecule is Cc1noc(C2CCCN(C(=O)[C@H]3CSCN3)C2)n1. The third-order valence-electron chi connectivity index (χ3n) is 3.64. The Morgan fingerprint density at radius 1 is 1.58 bits per heavy atom. The van der Waals surface area contributed by atoms with E-state index in [1.54, 1.807) is 11.8 Å². The van der Waals surface area contributed by atoms with Gasteiger partial charge in [-0.05, 0) is 19.8 Å². The number of rotatable bonds is 2. The minimum Gasteiger partial charge on any atom is -0.341 e. The molecular weight excluding hydrogens is 264 g/mol. The maximum atomic E-state index is 12.4. The molecule has 3 heterocycles. The molecule has 104 valence electrons. The van der Waals surface area contributed by atoms with Crippen molar-refractivity contribution in [2.75, 3.05) is 24.7 Å². The number of nitrogens with zero attached hydrogens (tertiary/aromatic N) is 3. The number of thioether (sulfide) groups is 1. The lowest BCUT2D eigenvalue weighted by Crippen LogP contribution is -2.48. The van der Waals surface area contributed by atoms with Gasteiger partial charge in [0.25, 0.3) is 0 Å². The summed E-state index contributed by atoms with van der Waals surface area (Å²) in [6, 6.07) is -0.0202. The first-order chi connectivity index (χ1) is 9.24. The van der Waals surface area contributed by atoms with E-state index in [2.05, 4.69) is 15.5 Å². The van der Waals surface area contributed by atoms with E-state index in [1.807, 2.05) is 11.8 Å². The predicted molar refractivity (Wildman–Crippen MR) is 71.8 cm³/mol. The average molecular weight is 282 g/mol. The van der Waals surface area contributed by atoms with Gasteiger partial charge in [0.2, 0.25) is 11.8 Å². The van der Waals surface area contributed by atoms with Crippen LogP contribution in [-0.2, 0) is 4.79 Å². The smallest absolute Gasteiger partial charge is 0.240 e. The molecule has 0 bridgehead atoms. The number of nitrogens with one attached hydrogen (secondary N) is 1. The van der Waals surface area contributed by atoms with E-state index in [9.17, 15) is 4.79 Å². The second kappa shape index (κ2) is 5.50. The molecule has 1 aromatic heterocycles. The lowest BCUT2D eigenvalue weighted by molar-refractivity contribution is -0.134. The van der Waals surface area contributed by atoms with Crippen molar-refractivity contribution in [1.82, 2.24) is 20.4 Å². The molecule has 2 aliphatic rings. The van der Waals surface area contributed by atoms with Gasteiger partial charge < -0.3 is 9.42 Å². The molecule has 3 rings (SSSR count). The third-order valence-corrected chi connectivity index (χ3v) is 4.58. The standard InChI is InChI=1S/C12H18N4O2S/c1-8-14-11(18-15-8)9-3-2-4-16(5-9)12(17)10-6-19-7-13-10/h9-10,13H,2-7H2,1H3/t9?,10-/m1/s1. The van der Waals surface area contributed by atoms with E-state index < -0.39 is 0 Å². The number of hydrogen-bond donors (Lipinski definition) is 1. The largest absolute Gasteiger partial charge is 0.341 e. The summed E-state index contributed by atoms with van der Waals surface area (Å²) in [7, 11) is 0. The summed E-state index contributed by atoms with van der Waals surface area (Å²) in [5, 5.41) is 7.07. The molecule has 6 nitrogen and oxygen atoms in total. The van der Waals surface area contributed by atoms with Crippen molar-refractivity contribution in [3.05, 3.63) is 11.7 Å². The van der Waals surface area contributed by atoms with Crippen LogP contribution >= 0.6 is 11.8 Å². The van der Waals surface area contributed by atoms with Crippen LogP contribution in [0.4, 0.5) is 0 Å². The van der Waals surface area contributed by atoms with E-state index in [0.717, 1.165) is 31.0 Å². The van der Waals surface area contributed by atoms with Gasteiger partial charge >= 0.3 is 0 Å². The van der Waals surface area contributed by atoms with E-state index in [-0.39, 0.29) is 17.9 Å². The summed E-state index contributed by atoms with van der Waals surface area (Å²) in [6.07, 6.45) is 2.01. The van der Waals surface area contributed by atoms with Crippen LogP contribution in [0.25, 0.3) is 0 Å². The van der Waals surface area contributed by atoms with E-state index >= 15 is 0 Å². The first kappa shape index (κ1) is 12.9. The van der Waals surface area contributed by atoms with Crippen LogP contribution in [0.1, 0.15) is 30.5 Å². The molecule has 2 saturated heterocycles. The highest BCUT2D eigenvalue weighted by atomic mass is 32.2. The molecule has 1 aromatic rings. The Hall–Kier alpha value is -1.08. The third kappa shape index (κ3) is 2.76. The van der Waals surface area contributed by atoms with Crippen molar-refractivity contribution in [1.29, 1.82) is 0 Å². The molecule has 7 heteroatoms. The van der Waals surface area contributed by atoms with Crippen LogP contribution in [0.15, 0.2) is 4.52 Å². The topological polar surface area (TPSA) is 71.3 Å². The summed E-state index contributed by atoms with van der Waals surface area (Å²) in [5.41, 5.74) is 0. The molecule has 0 saturated carbocycles. The van der Waals surface area contributed by atoms with Gasteiger partial charge in [0.05, 0.1) is 12.0 Å². The van der Waals surface area contributed by atoms with Gasteiger partial charge in [0, 0.05) is 24.7 Å². The molecule has 0 spiro atoms. The molecule has 1 unspecified atom stereocenters. The molecule has 2 aliphatic heterocycles. The summed E-state index contributed by atoms with van der Waals surface area (Å²) in [6.45, 7) is 3.35. The van der Waals surface area contributed by atoms with Crippen LogP contribution in [0.3, 0.4) is 0 Å². The zero-order valence-corrected chi connectivity index (χ0v) is 11.8. The number of likely N-dealkylation sites (tertiary alicyclic amines) is 1. The van der Waals surface area contributed by atoms with Crippen molar-refractivity contribution in [3.8, 4) is 0 Å². The summed E-state index contributed by atoms with van der Waals surface area (Å²) < 4.78 is 5.24. The van der Waals surface area contributed by atoms with Gasteiger partial charge in [0.15, 0.2) is 5.82 Å². The minimum atomic E-state index is -0.0202. The Labute approximate surface area is 116 Å². The highest BCUT2D eigenvalue weighted by molar-refractivity contribution is 7.99. The van der Waals surface area contributed by atoms with Crippen LogP contribution in [0.5, 0.6) is 0 Å². The van der Waals surface area contributed by atoms with Gasteiger partial charge in [-0.25, -0.2) is 0 Å². The van der Waals surface area contributed by atoms with E-state index in [4.69, 9.17) is 4.52 Å². The summed E-state index contributed by atoms with van der Waals surface area (Å²) in [5.74, 6) is 3.48. The van der Waals surface area contributed by atoms with Gasteiger partial charge in [-0.2, -0.15) is 4.98 Å². The van der Waals surface area contributed by atoms with E-state index in [1.165, 1.54) is 0 Å². The number of carbonyl (C=O) groups excluding carboxylic acids is 1. The molecule has 19 heavy (non-hydrogen) atoms. The maximum absolute atomic E-state index is 12.4. The number of hydrogen-bond acceptors (Lipinski definition) is 6. The molecular formula is C12H18N4O2S.